The average Bonchev–Trinajstić information content (AvgIpc) is 2.24. The zero-order chi connectivity index (χ0) is 12.0. The van der Waals surface area contributed by atoms with Crippen LogP contribution >= 0.6 is 0 Å². The standard InChI is InChI=1S/C13H20FNO/c1-3-7-15(8-4-2)10-11-9-12(14)5-6-13(11)16/h5-6,9,16H,3-4,7-8,10H2,1-2H3. The maximum atomic E-state index is 13.0. The van der Waals surface area contributed by atoms with E-state index in [0.29, 0.717) is 12.1 Å². The molecular weight excluding hydrogens is 205 g/mol. The van der Waals surface area contributed by atoms with Crippen molar-refractivity contribution in [2.45, 2.75) is 33.2 Å². The average molecular weight is 225 g/mol. The van der Waals surface area contributed by atoms with Gasteiger partial charge in [0, 0.05) is 12.1 Å². The van der Waals surface area contributed by atoms with Crippen molar-refractivity contribution in [3.8, 4) is 5.75 Å². The van der Waals surface area contributed by atoms with Gasteiger partial charge in [0.2, 0.25) is 0 Å². The second-order valence-corrected chi connectivity index (χ2v) is 4.05. The van der Waals surface area contributed by atoms with E-state index in [-0.39, 0.29) is 11.6 Å². The highest BCUT2D eigenvalue weighted by molar-refractivity contribution is 5.32. The van der Waals surface area contributed by atoms with Gasteiger partial charge < -0.3 is 5.11 Å². The molecule has 0 aliphatic carbocycles. The number of phenols is 1. The van der Waals surface area contributed by atoms with E-state index < -0.39 is 0 Å². The first-order valence-electron chi connectivity index (χ1n) is 5.87. The molecule has 3 heteroatoms. The summed E-state index contributed by atoms with van der Waals surface area (Å²) in [5.41, 5.74) is 0.668. The predicted molar refractivity (Wildman–Crippen MR) is 63.9 cm³/mol. The van der Waals surface area contributed by atoms with Gasteiger partial charge in [-0.1, -0.05) is 13.8 Å². The summed E-state index contributed by atoms with van der Waals surface area (Å²) < 4.78 is 13.0. The van der Waals surface area contributed by atoms with Crippen molar-refractivity contribution in [3.05, 3.63) is 29.6 Å². The molecular formula is C13H20FNO. The second kappa shape index (κ2) is 6.48. The summed E-state index contributed by atoms with van der Waals surface area (Å²) in [7, 11) is 0. The molecule has 0 spiro atoms. The van der Waals surface area contributed by atoms with E-state index in [1.54, 1.807) is 0 Å². The Morgan fingerprint density at radius 2 is 1.81 bits per heavy atom. The summed E-state index contributed by atoms with van der Waals surface area (Å²) >= 11 is 0. The molecule has 0 radical (unpaired) electrons. The Bertz CT molecular complexity index is 322. The molecule has 90 valence electrons. The van der Waals surface area contributed by atoms with Crippen LogP contribution in [0.2, 0.25) is 0 Å². The van der Waals surface area contributed by atoms with E-state index in [9.17, 15) is 9.50 Å². The number of rotatable bonds is 6. The Kier molecular flexibility index (Phi) is 5.26. The molecule has 0 fully saturated rings. The summed E-state index contributed by atoms with van der Waals surface area (Å²) in [6.07, 6.45) is 2.13. The number of hydrogen-bond donors (Lipinski definition) is 1. The number of phenolic OH excluding ortho intramolecular Hbond substituents is 1. The first-order valence-corrected chi connectivity index (χ1v) is 5.87. The van der Waals surface area contributed by atoms with Crippen LogP contribution in [0.3, 0.4) is 0 Å². The molecule has 0 unspecified atom stereocenters. The number of hydrogen-bond acceptors (Lipinski definition) is 2. The van der Waals surface area contributed by atoms with Gasteiger partial charge in [-0.3, -0.25) is 4.90 Å². The minimum absolute atomic E-state index is 0.179. The molecule has 1 rings (SSSR count). The summed E-state index contributed by atoms with van der Waals surface area (Å²) in [6, 6.07) is 4.11. The number of halogens is 1. The Hall–Kier alpha value is -1.09. The minimum Gasteiger partial charge on any atom is -0.508 e. The molecule has 0 saturated heterocycles. The van der Waals surface area contributed by atoms with E-state index in [1.807, 2.05) is 0 Å². The van der Waals surface area contributed by atoms with Gasteiger partial charge in [0.05, 0.1) is 0 Å². The van der Waals surface area contributed by atoms with Gasteiger partial charge in [0.1, 0.15) is 11.6 Å². The first kappa shape index (κ1) is 13.0. The van der Waals surface area contributed by atoms with Crippen LogP contribution in [0.1, 0.15) is 32.3 Å². The van der Waals surface area contributed by atoms with Crippen LogP contribution in [-0.2, 0) is 6.54 Å². The summed E-state index contributed by atoms with van der Waals surface area (Å²) in [6.45, 7) is 6.81. The maximum absolute atomic E-state index is 13.0. The van der Waals surface area contributed by atoms with Crippen LogP contribution in [0.25, 0.3) is 0 Å². The lowest BCUT2D eigenvalue weighted by Crippen LogP contribution is -2.24. The van der Waals surface area contributed by atoms with Gasteiger partial charge in [-0.15, -0.1) is 0 Å². The van der Waals surface area contributed by atoms with Crippen molar-refractivity contribution < 1.29 is 9.50 Å². The predicted octanol–water partition coefficient (Wildman–Crippen LogP) is 3.15. The van der Waals surface area contributed by atoms with E-state index >= 15 is 0 Å². The number of aromatic hydroxyl groups is 1. The third-order valence-corrected chi connectivity index (χ3v) is 2.52. The molecule has 2 nitrogen and oxygen atoms in total. The van der Waals surface area contributed by atoms with E-state index in [1.165, 1.54) is 18.2 Å². The van der Waals surface area contributed by atoms with Crippen molar-refractivity contribution >= 4 is 0 Å². The van der Waals surface area contributed by atoms with Gasteiger partial charge in [-0.05, 0) is 44.1 Å². The lowest BCUT2D eigenvalue weighted by Gasteiger charge is -2.21. The van der Waals surface area contributed by atoms with Crippen molar-refractivity contribution in [1.82, 2.24) is 4.90 Å². The largest absolute Gasteiger partial charge is 0.508 e. The summed E-state index contributed by atoms with van der Waals surface area (Å²) in [5, 5.41) is 9.63. The fraction of sp³-hybridized carbons (Fsp3) is 0.538. The third-order valence-electron chi connectivity index (χ3n) is 2.52. The van der Waals surface area contributed by atoms with Crippen LogP contribution < -0.4 is 0 Å². The van der Waals surface area contributed by atoms with Crippen LogP contribution in [0, 0.1) is 5.82 Å². The minimum atomic E-state index is -0.291. The van der Waals surface area contributed by atoms with Gasteiger partial charge in [-0.2, -0.15) is 0 Å². The van der Waals surface area contributed by atoms with Crippen LogP contribution in [0.5, 0.6) is 5.75 Å². The summed E-state index contributed by atoms with van der Waals surface area (Å²) in [5.74, 6) is -0.112. The van der Waals surface area contributed by atoms with Crippen molar-refractivity contribution in [2.75, 3.05) is 13.1 Å². The molecule has 0 aliphatic rings. The quantitative estimate of drug-likeness (QED) is 0.804. The monoisotopic (exact) mass is 225 g/mol. The van der Waals surface area contributed by atoms with Gasteiger partial charge in [-0.25, -0.2) is 4.39 Å². The van der Waals surface area contributed by atoms with Crippen LogP contribution in [0.4, 0.5) is 4.39 Å². The highest BCUT2D eigenvalue weighted by atomic mass is 19.1. The zero-order valence-corrected chi connectivity index (χ0v) is 10.0. The van der Waals surface area contributed by atoms with E-state index in [2.05, 4.69) is 18.7 Å². The maximum Gasteiger partial charge on any atom is 0.123 e. The molecule has 1 N–H and O–H groups in total. The highest BCUT2D eigenvalue weighted by Crippen LogP contribution is 2.19. The van der Waals surface area contributed by atoms with Crippen LogP contribution in [-0.4, -0.2) is 23.1 Å². The SMILES string of the molecule is CCCN(CCC)Cc1cc(F)ccc1O. The van der Waals surface area contributed by atoms with Crippen molar-refractivity contribution in [3.63, 3.8) is 0 Å². The second-order valence-electron chi connectivity index (χ2n) is 4.05. The molecule has 0 atom stereocenters. The molecule has 0 heterocycles. The lowest BCUT2D eigenvalue weighted by atomic mass is 10.1. The fourth-order valence-corrected chi connectivity index (χ4v) is 1.82. The van der Waals surface area contributed by atoms with E-state index in [0.717, 1.165) is 25.9 Å². The van der Waals surface area contributed by atoms with Crippen molar-refractivity contribution in [1.29, 1.82) is 0 Å². The zero-order valence-electron chi connectivity index (χ0n) is 10.0. The van der Waals surface area contributed by atoms with Crippen molar-refractivity contribution in [2.24, 2.45) is 0 Å². The van der Waals surface area contributed by atoms with Gasteiger partial charge in [0.25, 0.3) is 0 Å². The van der Waals surface area contributed by atoms with Gasteiger partial charge >= 0.3 is 0 Å². The molecule has 0 saturated carbocycles. The van der Waals surface area contributed by atoms with Crippen LogP contribution in [0.15, 0.2) is 18.2 Å². The molecule has 0 amide bonds. The molecule has 1 aromatic carbocycles. The Labute approximate surface area is 96.7 Å². The summed E-state index contributed by atoms with van der Waals surface area (Å²) in [4.78, 5) is 2.23. The fourth-order valence-electron chi connectivity index (χ4n) is 1.82. The third kappa shape index (κ3) is 3.81. The topological polar surface area (TPSA) is 23.5 Å². The lowest BCUT2D eigenvalue weighted by molar-refractivity contribution is 0.262. The highest BCUT2D eigenvalue weighted by Gasteiger charge is 2.08. The Morgan fingerprint density at radius 3 is 2.38 bits per heavy atom. The smallest absolute Gasteiger partial charge is 0.123 e. The normalized spacial score (nSPS) is 11.0. The number of nitrogens with zero attached hydrogens (tertiary/aromatic N) is 1. The molecule has 0 aliphatic heterocycles. The molecule has 0 aromatic heterocycles. The van der Waals surface area contributed by atoms with Gasteiger partial charge in [0.15, 0.2) is 0 Å². The Balaban J connectivity index is 2.71. The first-order chi connectivity index (χ1) is 7.67. The Morgan fingerprint density at radius 1 is 1.19 bits per heavy atom. The molecule has 0 bridgehead atoms. The molecule has 1 aromatic rings. The molecule has 16 heavy (non-hydrogen) atoms. The number of benzene rings is 1. The van der Waals surface area contributed by atoms with E-state index in [4.69, 9.17) is 0 Å².